The molecule has 2 aromatic rings. The SMILES string of the molecule is Cl.N#CCCN1CCC2(c3ccccc3)Oc3ccccc3C2C1. The second kappa shape index (κ2) is 6.84. The van der Waals surface area contributed by atoms with Crippen LogP contribution in [0.1, 0.15) is 29.9 Å². The largest absolute Gasteiger partial charge is 0.482 e. The van der Waals surface area contributed by atoms with Crippen LogP contribution in [0, 0.1) is 11.3 Å². The highest BCUT2D eigenvalue weighted by Crippen LogP contribution is 2.54. The molecule has 0 aromatic heterocycles. The number of rotatable bonds is 3. The summed E-state index contributed by atoms with van der Waals surface area (Å²) < 4.78 is 6.55. The van der Waals surface area contributed by atoms with E-state index in [1.165, 1.54) is 11.1 Å². The van der Waals surface area contributed by atoms with E-state index in [2.05, 4.69) is 59.5 Å². The molecule has 2 aliphatic heterocycles. The number of nitrogens with zero attached hydrogens (tertiary/aromatic N) is 2. The van der Waals surface area contributed by atoms with Crippen molar-refractivity contribution in [3.8, 4) is 11.8 Å². The summed E-state index contributed by atoms with van der Waals surface area (Å²) in [4.78, 5) is 2.40. The van der Waals surface area contributed by atoms with E-state index in [1.807, 2.05) is 6.07 Å². The normalized spacial score (nSPS) is 24.9. The van der Waals surface area contributed by atoms with E-state index < -0.39 is 0 Å². The Kier molecular flexibility index (Phi) is 4.80. The highest BCUT2D eigenvalue weighted by Gasteiger charge is 2.52. The van der Waals surface area contributed by atoms with Crippen molar-refractivity contribution >= 4 is 12.4 Å². The Morgan fingerprint density at radius 2 is 1.88 bits per heavy atom. The number of likely N-dealkylation sites (tertiary alicyclic amines) is 1. The van der Waals surface area contributed by atoms with E-state index in [0.29, 0.717) is 12.3 Å². The third-order valence-corrected chi connectivity index (χ3v) is 5.19. The Bertz CT molecular complexity index is 743. The summed E-state index contributed by atoms with van der Waals surface area (Å²) in [6.07, 6.45) is 1.55. The predicted octanol–water partition coefficient (Wildman–Crippen LogP) is 4.10. The van der Waals surface area contributed by atoms with Gasteiger partial charge in [0.15, 0.2) is 0 Å². The quantitative estimate of drug-likeness (QED) is 0.844. The van der Waals surface area contributed by atoms with E-state index in [-0.39, 0.29) is 18.0 Å². The summed E-state index contributed by atoms with van der Waals surface area (Å²) in [7, 11) is 0. The average Bonchev–Trinajstić information content (AvgIpc) is 2.96. The molecule has 0 N–H and O–H groups in total. The first-order valence-corrected chi connectivity index (χ1v) is 8.26. The molecule has 2 aliphatic rings. The second-order valence-electron chi connectivity index (χ2n) is 6.41. The van der Waals surface area contributed by atoms with Gasteiger partial charge in [-0.05, 0) is 11.6 Å². The highest BCUT2D eigenvalue weighted by molar-refractivity contribution is 5.85. The molecule has 2 aromatic carbocycles. The molecular formula is C20H21ClN2O. The van der Waals surface area contributed by atoms with Crippen molar-refractivity contribution in [2.24, 2.45) is 0 Å². The van der Waals surface area contributed by atoms with Crippen LogP contribution in [0.2, 0.25) is 0 Å². The Hall–Kier alpha value is -2.02. The van der Waals surface area contributed by atoms with Gasteiger partial charge in [-0.2, -0.15) is 5.26 Å². The van der Waals surface area contributed by atoms with Crippen molar-refractivity contribution in [3.05, 3.63) is 65.7 Å². The number of hydrogen-bond acceptors (Lipinski definition) is 3. The zero-order chi connectivity index (χ0) is 15.7. The molecule has 0 amide bonds. The maximum atomic E-state index is 8.87. The van der Waals surface area contributed by atoms with Gasteiger partial charge < -0.3 is 9.64 Å². The number of nitriles is 1. The molecule has 3 nitrogen and oxygen atoms in total. The molecule has 1 saturated heterocycles. The summed E-state index contributed by atoms with van der Waals surface area (Å²) in [6, 6.07) is 21.3. The molecule has 4 heteroatoms. The fraction of sp³-hybridized carbons (Fsp3) is 0.350. The molecular weight excluding hydrogens is 320 g/mol. The van der Waals surface area contributed by atoms with Crippen molar-refractivity contribution in [1.29, 1.82) is 5.26 Å². The van der Waals surface area contributed by atoms with Gasteiger partial charge in [0.1, 0.15) is 11.4 Å². The van der Waals surface area contributed by atoms with Crippen molar-refractivity contribution < 1.29 is 4.74 Å². The number of para-hydroxylation sites is 1. The zero-order valence-corrected chi connectivity index (χ0v) is 14.3. The van der Waals surface area contributed by atoms with Crippen molar-refractivity contribution in [2.45, 2.75) is 24.4 Å². The van der Waals surface area contributed by atoms with Crippen molar-refractivity contribution in [2.75, 3.05) is 19.6 Å². The van der Waals surface area contributed by atoms with Crippen LogP contribution in [0.25, 0.3) is 0 Å². The van der Waals surface area contributed by atoms with Crippen LogP contribution < -0.4 is 4.74 Å². The molecule has 124 valence electrons. The number of ether oxygens (including phenoxy) is 1. The number of fused-ring (bicyclic) bond motifs is 3. The number of hydrogen-bond donors (Lipinski definition) is 0. The Labute approximate surface area is 149 Å². The lowest BCUT2D eigenvalue weighted by molar-refractivity contribution is 0.000445. The molecule has 0 bridgehead atoms. The van der Waals surface area contributed by atoms with Gasteiger partial charge in [0.25, 0.3) is 0 Å². The van der Waals surface area contributed by atoms with Gasteiger partial charge in [-0.25, -0.2) is 0 Å². The maximum Gasteiger partial charge on any atom is 0.143 e. The van der Waals surface area contributed by atoms with Crippen LogP contribution in [0.4, 0.5) is 0 Å². The minimum Gasteiger partial charge on any atom is -0.482 e. The Morgan fingerprint density at radius 1 is 1.12 bits per heavy atom. The molecule has 0 spiro atoms. The van der Waals surface area contributed by atoms with Crippen LogP contribution in [0.3, 0.4) is 0 Å². The van der Waals surface area contributed by atoms with Gasteiger partial charge in [-0.15, -0.1) is 12.4 Å². The highest BCUT2D eigenvalue weighted by atomic mass is 35.5. The summed E-state index contributed by atoms with van der Waals surface area (Å²) in [6.45, 7) is 2.77. The fourth-order valence-electron chi connectivity index (χ4n) is 4.06. The second-order valence-corrected chi connectivity index (χ2v) is 6.41. The van der Waals surface area contributed by atoms with Crippen LogP contribution >= 0.6 is 12.4 Å². The summed E-state index contributed by atoms with van der Waals surface area (Å²) >= 11 is 0. The standard InChI is InChI=1S/C20H20N2O.ClH/c21-12-6-13-22-14-11-20(16-7-2-1-3-8-16)18(15-22)17-9-4-5-10-19(17)23-20;/h1-5,7-10,18H,6,11,13-15H2;1H. The molecule has 24 heavy (non-hydrogen) atoms. The zero-order valence-electron chi connectivity index (χ0n) is 13.5. The van der Waals surface area contributed by atoms with E-state index in [1.54, 1.807) is 0 Å². The van der Waals surface area contributed by atoms with Crippen LogP contribution in [-0.4, -0.2) is 24.5 Å². The Balaban J connectivity index is 0.00000169. The van der Waals surface area contributed by atoms with E-state index in [9.17, 15) is 0 Å². The minimum atomic E-state index is -0.256. The summed E-state index contributed by atoms with van der Waals surface area (Å²) in [5.74, 6) is 1.34. The summed E-state index contributed by atoms with van der Waals surface area (Å²) in [5, 5.41) is 8.87. The van der Waals surface area contributed by atoms with Gasteiger partial charge in [0.2, 0.25) is 0 Å². The van der Waals surface area contributed by atoms with E-state index >= 15 is 0 Å². The molecule has 1 fully saturated rings. The molecule has 0 saturated carbocycles. The molecule has 2 atom stereocenters. The van der Waals surface area contributed by atoms with Crippen molar-refractivity contribution in [3.63, 3.8) is 0 Å². The number of piperidine rings is 1. The topological polar surface area (TPSA) is 36.3 Å². The maximum absolute atomic E-state index is 8.87. The van der Waals surface area contributed by atoms with Crippen molar-refractivity contribution in [1.82, 2.24) is 4.90 Å². The first-order chi connectivity index (χ1) is 11.3. The van der Waals surface area contributed by atoms with Gasteiger partial charge in [0, 0.05) is 44.0 Å². The smallest absolute Gasteiger partial charge is 0.143 e. The van der Waals surface area contributed by atoms with E-state index in [0.717, 1.165) is 31.8 Å². The summed E-state index contributed by atoms with van der Waals surface area (Å²) in [5.41, 5.74) is 2.31. The van der Waals surface area contributed by atoms with Crippen LogP contribution in [0.5, 0.6) is 5.75 Å². The van der Waals surface area contributed by atoms with Crippen LogP contribution in [0.15, 0.2) is 54.6 Å². The Morgan fingerprint density at radius 3 is 2.67 bits per heavy atom. The lowest BCUT2D eigenvalue weighted by atomic mass is 9.74. The molecule has 2 unspecified atom stereocenters. The third kappa shape index (κ3) is 2.66. The first kappa shape index (κ1) is 16.8. The molecule has 0 radical (unpaired) electrons. The lowest BCUT2D eigenvalue weighted by Crippen LogP contribution is -2.49. The van der Waals surface area contributed by atoms with Crippen LogP contribution in [-0.2, 0) is 5.60 Å². The van der Waals surface area contributed by atoms with E-state index in [4.69, 9.17) is 10.00 Å². The predicted molar refractivity (Wildman–Crippen MR) is 96.5 cm³/mol. The number of benzene rings is 2. The van der Waals surface area contributed by atoms with Gasteiger partial charge in [-0.3, -0.25) is 0 Å². The van der Waals surface area contributed by atoms with Gasteiger partial charge in [0.05, 0.1) is 6.07 Å². The van der Waals surface area contributed by atoms with Gasteiger partial charge in [-0.1, -0.05) is 48.5 Å². The number of halogens is 1. The van der Waals surface area contributed by atoms with Gasteiger partial charge >= 0.3 is 0 Å². The lowest BCUT2D eigenvalue weighted by Gasteiger charge is -2.43. The molecule has 0 aliphatic carbocycles. The molecule has 4 rings (SSSR count). The fourth-order valence-corrected chi connectivity index (χ4v) is 4.06. The minimum absolute atomic E-state index is 0. The third-order valence-electron chi connectivity index (χ3n) is 5.19. The first-order valence-electron chi connectivity index (χ1n) is 8.26. The average molecular weight is 341 g/mol. The molecule has 2 heterocycles. The monoisotopic (exact) mass is 340 g/mol.